The van der Waals surface area contributed by atoms with E-state index in [1.165, 1.54) is 0 Å². The van der Waals surface area contributed by atoms with Gasteiger partial charge in [0.2, 0.25) is 11.8 Å². The summed E-state index contributed by atoms with van der Waals surface area (Å²) in [5, 5.41) is 5.80. The number of hydrogen-bond acceptors (Lipinski definition) is 4. The minimum atomic E-state index is -0.535. The molecule has 0 aliphatic rings. The average Bonchev–Trinajstić information content (AvgIpc) is 2.61. The molecule has 6 nitrogen and oxygen atoms in total. The van der Waals surface area contributed by atoms with Crippen molar-refractivity contribution < 1.29 is 14.3 Å². The van der Waals surface area contributed by atoms with Crippen LogP contribution in [0.3, 0.4) is 0 Å². The maximum Gasteiger partial charge on any atom is 0.248 e. The number of nitrogens with two attached hydrogens (primary N) is 1. The molecule has 0 spiro atoms. The van der Waals surface area contributed by atoms with Gasteiger partial charge in [0.05, 0.1) is 18.8 Å². The van der Waals surface area contributed by atoms with Crippen LogP contribution < -0.4 is 21.1 Å². The fourth-order valence-corrected chi connectivity index (χ4v) is 2.20. The van der Waals surface area contributed by atoms with E-state index in [-0.39, 0.29) is 12.5 Å². The first-order valence-electron chi connectivity index (χ1n) is 8.25. The van der Waals surface area contributed by atoms with Gasteiger partial charge in [-0.1, -0.05) is 31.5 Å². The molecule has 0 unspecified atom stereocenters. The number of unbranched alkanes of at least 4 members (excludes halogenated alkanes) is 1. The third-order valence-electron chi connectivity index (χ3n) is 3.51. The molecule has 4 N–H and O–H groups in total. The molecule has 25 heavy (non-hydrogen) atoms. The SMILES string of the molecule is CCCCOc1ccccc1NCC(=O)Nc1cccc(C(N)=O)c1. The smallest absolute Gasteiger partial charge is 0.248 e. The van der Waals surface area contributed by atoms with Crippen molar-refractivity contribution in [1.29, 1.82) is 0 Å². The summed E-state index contributed by atoms with van der Waals surface area (Å²) >= 11 is 0. The molecule has 0 aliphatic carbocycles. The monoisotopic (exact) mass is 341 g/mol. The number of rotatable bonds is 9. The number of benzene rings is 2. The highest BCUT2D eigenvalue weighted by molar-refractivity contribution is 5.97. The topological polar surface area (TPSA) is 93.4 Å². The summed E-state index contributed by atoms with van der Waals surface area (Å²) in [5.41, 5.74) is 6.87. The minimum Gasteiger partial charge on any atom is -0.491 e. The molecule has 0 aromatic heterocycles. The molecule has 0 radical (unpaired) electrons. The Morgan fingerprint density at radius 3 is 2.68 bits per heavy atom. The zero-order valence-electron chi connectivity index (χ0n) is 14.2. The van der Waals surface area contributed by atoms with Gasteiger partial charge in [-0.15, -0.1) is 0 Å². The van der Waals surface area contributed by atoms with Crippen LogP contribution in [0.2, 0.25) is 0 Å². The van der Waals surface area contributed by atoms with Crippen molar-refractivity contribution in [3.63, 3.8) is 0 Å². The van der Waals surface area contributed by atoms with E-state index in [0.29, 0.717) is 17.9 Å². The van der Waals surface area contributed by atoms with Gasteiger partial charge in [-0.2, -0.15) is 0 Å². The molecule has 2 rings (SSSR count). The number of carbonyl (C=O) groups is 2. The van der Waals surface area contributed by atoms with Crippen molar-refractivity contribution in [3.05, 3.63) is 54.1 Å². The van der Waals surface area contributed by atoms with E-state index in [0.717, 1.165) is 24.3 Å². The molecule has 0 atom stereocenters. The van der Waals surface area contributed by atoms with Crippen LogP contribution in [0.4, 0.5) is 11.4 Å². The standard InChI is InChI=1S/C19H23N3O3/c1-2-3-11-25-17-10-5-4-9-16(17)21-13-18(23)22-15-8-6-7-14(12-15)19(20)24/h4-10,12,21H,2-3,11,13H2,1H3,(H2,20,24)(H,22,23). The molecule has 0 bridgehead atoms. The summed E-state index contributed by atoms with van der Waals surface area (Å²) in [7, 11) is 0. The summed E-state index contributed by atoms with van der Waals surface area (Å²) in [6.45, 7) is 2.82. The molecule has 0 saturated carbocycles. The van der Waals surface area contributed by atoms with E-state index < -0.39 is 5.91 Å². The second-order valence-corrected chi connectivity index (χ2v) is 5.54. The lowest BCUT2D eigenvalue weighted by atomic mass is 10.2. The minimum absolute atomic E-state index is 0.0783. The van der Waals surface area contributed by atoms with Crippen molar-refractivity contribution in [2.45, 2.75) is 19.8 Å². The first-order chi connectivity index (χ1) is 12.1. The van der Waals surface area contributed by atoms with Crippen molar-refractivity contribution in [2.75, 3.05) is 23.8 Å². The lowest BCUT2D eigenvalue weighted by molar-refractivity contribution is -0.114. The quantitative estimate of drug-likeness (QED) is 0.611. The zero-order chi connectivity index (χ0) is 18.1. The number of para-hydroxylation sites is 2. The Kier molecular flexibility index (Phi) is 6.83. The van der Waals surface area contributed by atoms with Crippen LogP contribution in [0.5, 0.6) is 5.75 Å². The van der Waals surface area contributed by atoms with Crippen LogP contribution in [0, 0.1) is 0 Å². The van der Waals surface area contributed by atoms with Crippen LogP contribution in [-0.4, -0.2) is 25.0 Å². The highest BCUT2D eigenvalue weighted by Gasteiger charge is 2.07. The van der Waals surface area contributed by atoms with Gasteiger partial charge in [-0.05, 0) is 36.8 Å². The van der Waals surface area contributed by atoms with Gasteiger partial charge in [0.25, 0.3) is 0 Å². The summed E-state index contributed by atoms with van der Waals surface area (Å²) in [4.78, 5) is 23.3. The molecule has 0 saturated heterocycles. The Morgan fingerprint density at radius 2 is 1.92 bits per heavy atom. The van der Waals surface area contributed by atoms with Gasteiger partial charge in [0, 0.05) is 11.3 Å². The molecule has 0 heterocycles. The predicted molar refractivity (Wildman–Crippen MR) is 98.9 cm³/mol. The Bertz CT molecular complexity index is 731. The molecule has 2 aromatic carbocycles. The zero-order valence-corrected chi connectivity index (χ0v) is 14.2. The first kappa shape index (κ1) is 18.3. The van der Waals surface area contributed by atoms with Crippen molar-refractivity contribution in [3.8, 4) is 5.75 Å². The average molecular weight is 341 g/mol. The number of nitrogens with one attached hydrogen (secondary N) is 2. The molecule has 132 valence electrons. The van der Waals surface area contributed by atoms with E-state index >= 15 is 0 Å². The fourth-order valence-electron chi connectivity index (χ4n) is 2.20. The molecular formula is C19H23N3O3. The van der Waals surface area contributed by atoms with E-state index in [4.69, 9.17) is 10.5 Å². The maximum atomic E-state index is 12.1. The summed E-state index contributed by atoms with van der Waals surface area (Å²) < 4.78 is 5.72. The van der Waals surface area contributed by atoms with Crippen LogP contribution >= 0.6 is 0 Å². The second kappa shape index (κ2) is 9.32. The van der Waals surface area contributed by atoms with Crippen LogP contribution in [0.25, 0.3) is 0 Å². The Labute approximate surface area is 147 Å². The van der Waals surface area contributed by atoms with Crippen molar-refractivity contribution >= 4 is 23.2 Å². The first-order valence-corrected chi connectivity index (χ1v) is 8.25. The Hall–Kier alpha value is -3.02. The molecule has 2 aromatic rings. The van der Waals surface area contributed by atoms with E-state index in [2.05, 4.69) is 17.6 Å². The summed E-state index contributed by atoms with van der Waals surface area (Å²) in [6, 6.07) is 14.0. The predicted octanol–water partition coefficient (Wildman–Crippen LogP) is 3.02. The fraction of sp³-hybridized carbons (Fsp3) is 0.263. The van der Waals surface area contributed by atoms with Gasteiger partial charge in [-0.25, -0.2) is 0 Å². The van der Waals surface area contributed by atoms with Gasteiger partial charge >= 0.3 is 0 Å². The van der Waals surface area contributed by atoms with Crippen molar-refractivity contribution in [1.82, 2.24) is 0 Å². The highest BCUT2D eigenvalue weighted by Crippen LogP contribution is 2.23. The number of carbonyl (C=O) groups excluding carboxylic acids is 2. The second-order valence-electron chi connectivity index (χ2n) is 5.54. The van der Waals surface area contributed by atoms with Gasteiger partial charge in [-0.3, -0.25) is 9.59 Å². The molecule has 2 amide bonds. The van der Waals surface area contributed by atoms with Gasteiger partial charge in [0.15, 0.2) is 0 Å². The lowest BCUT2D eigenvalue weighted by Gasteiger charge is -2.13. The number of amides is 2. The molecular weight excluding hydrogens is 318 g/mol. The number of primary amides is 1. The van der Waals surface area contributed by atoms with Gasteiger partial charge < -0.3 is 21.1 Å². The number of ether oxygens (including phenoxy) is 1. The maximum absolute atomic E-state index is 12.1. The van der Waals surface area contributed by atoms with Crippen LogP contribution in [0.1, 0.15) is 30.1 Å². The molecule has 0 aliphatic heterocycles. The Balaban J connectivity index is 1.92. The van der Waals surface area contributed by atoms with E-state index in [1.54, 1.807) is 24.3 Å². The summed E-state index contributed by atoms with van der Waals surface area (Å²) in [5.74, 6) is -0.0446. The highest BCUT2D eigenvalue weighted by atomic mass is 16.5. The third kappa shape index (κ3) is 5.84. The largest absolute Gasteiger partial charge is 0.491 e. The van der Waals surface area contributed by atoms with Crippen LogP contribution in [-0.2, 0) is 4.79 Å². The lowest BCUT2D eigenvalue weighted by Crippen LogP contribution is -2.22. The van der Waals surface area contributed by atoms with Gasteiger partial charge in [0.1, 0.15) is 5.75 Å². The Morgan fingerprint density at radius 1 is 1.12 bits per heavy atom. The van der Waals surface area contributed by atoms with Crippen molar-refractivity contribution in [2.24, 2.45) is 5.73 Å². The van der Waals surface area contributed by atoms with E-state index in [1.807, 2.05) is 24.3 Å². The number of hydrogen-bond donors (Lipinski definition) is 3. The van der Waals surface area contributed by atoms with E-state index in [9.17, 15) is 9.59 Å². The molecule has 0 fully saturated rings. The molecule has 6 heteroatoms. The number of anilines is 2. The normalized spacial score (nSPS) is 10.1. The third-order valence-corrected chi connectivity index (χ3v) is 3.51. The summed E-state index contributed by atoms with van der Waals surface area (Å²) in [6.07, 6.45) is 2.04. The van der Waals surface area contributed by atoms with Crippen LogP contribution in [0.15, 0.2) is 48.5 Å².